The molecule has 1 rings (SSSR count). The van der Waals surface area contributed by atoms with E-state index in [0.29, 0.717) is 5.56 Å². The Morgan fingerprint density at radius 3 is 2.42 bits per heavy atom. The van der Waals surface area contributed by atoms with E-state index in [1.165, 1.54) is 43.3 Å². The highest BCUT2D eigenvalue weighted by Crippen LogP contribution is 2.17. The maximum absolute atomic E-state index is 12.7. The molecule has 0 aliphatic heterocycles. The van der Waals surface area contributed by atoms with Gasteiger partial charge in [-0.1, -0.05) is 18.2 Å². The van der Waals surface area contributed by atoms with Crippen LogP contribution in [-0.2, 0) is 14.3 Å². The van der Waals surface area contributed by atoms with E-state index in [2.05, 4.69) is 4.74 Å². The highest BCUT2D eigenvalue weighted by atomic mass is 19.1. The summed E-state index contributed by atoms with van der Waals surface area (Å²) in [6, 6.07) is 5.47. The predicted octanol–water partition coefficient (Wildman–Crippen LogP) is 1.72. The van der Waals surface area contributed by atoms with Gasteiger partial charge in [0.1, 0.15) is 11.6 Å². The van der Waals surface area contributed by atoms with Crippen LogP contribution in [-0.4, -0.2) is 29.6 Å². The number of aliphatic hydroxyl groups is 1. The number of esters is 1. The Labute approximate surface area is 110 Å². The summed E-state index contributed by atoms with van der Waals surface area (Å²) in [4.78, 5) is 22.6. The Hall–Kier alpha value is -2.01. The second kappa shape index (κ2) is 6.24. The second-order valence-electron chi connectivity index (χ2n) is 4.18. The largest absolute Gasteiger partial charge is 0.467 e. The Balaban J connectivity index is 2.97. The van der Waals surface area contributed by atoms with Crippen LogP contribution in [0.15, 0.2) is 30.3 Å². The topological polar surface area (TPSA) is 63.6 Å². The van der Waals surface area contributed by atoms with Gasteiger partial charge >= 0.3 is 5.97 Å². The number of halogens is 1. The molecule has 19 heavy (non-hydrogen) atoms. The van der Waals surface area contributed by atoms with Gasteiger partial charge in [0.05, 0.1) is 7.11 Å². The van der Waals surface area contributed by atoms with E-state index in [1.807, 2.05) is 0 Å². The Morgan fingerprint density at radius 2 is 1.95 bits per heavy atom. The highest BCUT2D eigenvalue weighted by molar-refractivity contribution is 5.90. The maximum Gasteiger partial charge on any atom is 0.342 e. The van der Waals surface area contributed by atoms with Gasteiger partial charge in [0, 0.05) is 6.42 Å². The normalized spacial score (nSPS) is 14.1. The lowest BCUT2D eigenvalue weighted by atomic mass is 9.96. The number of ketones is 1. The molecule has 1 atom stereocenters. The van der Waals surface area contributed by atoms with Gasteiger partial charge in [-0.05, 0) is 30.7 Å². The van der Waals surface area contributed by atoms with Crippen LogP contribution in [0, 0.1) is 5.82 Å². The van der Waals surface area contributed by atoms with Gasteiger partial charge in [0.25, 0.3) is 0 Å². The third kappa shape index (κ3) is 4.30. The number of Topliss-reactive ketones (excluding diaryl/α,β-unsaturated/α-hetero) is 1. The molecule has 102 valence electrons. The average molecular weight is 266 g/mol. The molecule has 0 saturated heterocycles. The number of carbonyl (C=O) groups excluding carboxylic acids is 2. The quantitative estimate of drug-likeness (QED) is 0.824. The van der Waals surface area contributed by atoms with Crippen LogP contribution < -0.4 is 0 Å². The van der Waals surface area contributed by atoms with Crippen molar-refractivity contribution >= 4 is 17.8 Å². The highest BCUT2D eigenvalue weighted by Gasteiger charge is 2.35. The maximum atomic E-state index is 12.7. The van der Waals surface area contributed by atoms with Gasteiger partial charge in [-0.15, -0.1) is 0 Å². The van der Waals surface area contributed by atoms with Crippen LogP contribution in [0.5, 0.6) is 0 Å². The van der Waals surface area contributed by atoms with Gasteiger partial charge in [-0.25, -0.2) is 9.18 Å². The lowest BCUT2D eigenvalue weighted by molar-refractivity contribution is -0.159. The Morgan fingerprint density at radius 1 is 1.37 bits per heavy atom. The van der Waals surface area contributed by atoms with Crippen molar-refractivity contribution in [2.45, 2.75) is 18.9 Å². The molecule has 1 aromatic rings. The Kier molecular flexibility index (Phi) is 4.94. The van der Waals surface area contributed by atoms with E-state index in [4.69, 9.17) is 0 Å². The van der Waals surface area contributed by atoms with Crippen molar-refractivity contribution in [3.8, 4) is 0 Å². The monoisotopic (exact) mass is 266 g/mol. The minimum Gasteiger partial charge on any atom is -0.467 e. The molecule has 0 aliphatic rings. The van der Waals surface area contributed by atoms with Gasteiger partial charge in [0.2, 0.25) is 0 Å². The molecule has 0 amide bonds. The molecule has 0 unspecified atom stereocenters. The van der Waals surface area contributed by atoms with Crippen molar-refractivity contribution < 1.29 is 23.8 Å². The van der Waals surface area contributed by atoms with Crippen molar-refractivity contribution in [3.63, 3.8) is 0 Å². The smallest absolute Gasteiger partial charge is 0.342 e. The predicted molar refractivity (Wildman–Crippen MR) is 67.7 cm³/mol. The van der Waals surface area contributed by atoms with E-state index >= 15 is 0 Å². The van der Waals surface area contributed by atoms with Gasteiger partial charge in [0.15, 0.2) is 5.60 Å². The van der Waals surface area contributed by atoms with Crippen molar-refractivity contribution in [3.05, 3.63) is 41.7 Å². The van der Waals surface area contributed by atoms with E-state index in [1.54, 1.807) is 0 Å². The molecule has 0 aliphatic carbocycles. The molecule has 1 N–H and O–H groups in total. The van der Waals surface area contributed by atoms with E-state index in [-0.39, 0.29) is 18.0 Å². The summed E-state index contributed by atoms with van der Waals surface area (Å²) < 4.78 is 17.2. The lowest BCUT2D eigenvalue weighted by Crippen LogP contribution is -2.39. The molecule has 0 bridgehead atoms. The minimum atomic E-state index is -2.00. The van der Waals surface area contributed by atoms with Crippen molar-refractivity contribution in [2.24, 2.45) is 0 Å². The molecule has 0 aromatic heterocycles. The zero-order valence-corrected chi connectivity index (χ0v) is 10.7. The van der Waals surface area contributed by atoms with Crippen molar-refractivity contribution in [1.29, 1.82) is 0 Å². The molecular formula is C14H15FO4. The number of ether oxygens (including phenoxy) is 1. The molecule has 1 aromatic carbocycles. The third-order valence-corrected chi connectivity index (χ3v) is 2.48. The zero-order chi connectivity index (χ0) is 14.5. The molecule has 0 radical (unpaired) electrons. The summed E-state index contributed by atoms with van der Waals surface area (Å²) in [7, 11) is 1.12. The summed E-state index contributed by atoms with van der Waals surface area (Å²) in [6.45, 7) is 1.26. The van der Waals surface area contributed by atoms with Crippen LogP contribution in [0.2, 0.25) is 0 Å². The first kappa shape index (κ1) is 15.0. The van der Waals surface area contributed by atoms with Gasteiger partial charge < -0.3 is 9.84 Å². The number of hydrogen-bond acceptors (Lipinski definition) is 4. The van der Waals surface area contributed by atoms with Crippen molar-refractivity contribution in [2.75, 3.05) is 7.11 Å². The van der Waals surface area contributed by atoms with Gasteiger partial charge in [-0.2, -0.15) is 0 Å². The van der Waals surface area contributed by atoms with Crippen LogP contribution >= 0.6 is 0 Å². The lowest BCUT2D eigenvalue weighted by Gasteiger charge is -2.19. The fraction of sp³-hybridized carbons (Fsp3) is 0.286. The minimum absolute atomic E-state index is 0.350. The average Bonchev–Trinajstić information content (AvgIpc) is 2.36. The molecule has 4 nitrogen and oxygen atoms in total. The fourth-order valence-corrected chi connectivity index (χ4v) is 1.56. The first-order chi connectivity index (χ1) is 8.87. The van der Waals surface area contributed by atoms with E-state index < -0.39 is 11.6 Å². The van der Waals surface area contributed by atoms with Gasteiger partial charge in [-0.3, -0.25) is 4.79 Å². The third-order valence-electron chi connectivity index (χ3n) is 2.48. The van der Waals surface area contributed by atoms with Crippen LogP contribution in [0.25, 0.3) is 6.08 Å². The summed E-state index contributed by atoms with van der Waals surface area (Å²) in [6.07, 6.45) is 2.23. The summed E-state index contributed by atoms with van der Waals surface area (Å²) in [5.74, 6) is -1.65. The second-order valence-corrected chi connectivity index (χ2v) is 4.18. The fourth-order valence-electron chi connectivity index (χ4n) is 1.56. The van der Waals surface area contributed by atoms with Crippen LogP contribution in [0.4, 0.5) is 4.39 Å². The zero-order valence-electron chi connectivity index (χ0n) is 10.7. The molecule has 0 spiro atoms. The number of methoxy groups -OCH3 is 1. The first-order valence-electron chi connectivity index (χ1n) is 5.62. The SMILES string of the molecule is COC(=O)[C@@](O)(/C=C/c1ccc(F)cc1)CC(C)=O. The molecule has 0 saturated carbocycles. The molecule has 5 heteroatoms. The standard InChI is InChI=1S/C14H15FO4/c1-10(16)9-14(18,13(17)19-2)8-7-11-3-5-12(15)6-4-11/h3-8,18H,9H2,1-2H3/b8-7+/t14-/m1/s1. The summed E-state index contributed by atoms with van der Waals surface area (Å²) in [5.41, 5.74) is -1.41. The molecular weight excluding hydrogens is 251 g/mol. The first-order valence-corrected chi connectivity index (χ1v) is 5.62. The summed E-state index contributed by atoms with van der Waals surface area (Å²) in [5, 5.41) is 10.1. The molecule has 0 fully saturated rings. The number of carbonyl (C=O) groups is 2. The number of hydrogen-bond donors (Lipinski definition) is 1. The number of benzene rings is 1. The Bertz CT molecular complexity index is 493. The van der Waals surface area contributed by atoms with Crippen molar-refractivity contribution in [1.82, 2.24) is 0 Å². The number of rotatable bonds is 5. The van der Waals surface area contributed by atoms with E-state index in [0.717, 1.165) is 7.11 Å². The molecule has 0 heterocycles. The summed E-state index contributed by atoms with van der Waals surface area (Å²) >= 11 is 0. The van der Waals surface area contributed by atoms with Crippen LogP contribution in [0.1, 0.15) is 18.9 Å². The van der Waals surface area contributed by atoms with Crippen LogP contribution in [0.3, 0.4) is 0 Å². The van der Waals surface area contributed by atoms with E-state index in [9.17, 15) is 19.1 Å².